The molecule has 0 saturated heterocycles. The second-order valence-electron chi connectivity index (χ2n) is 2.08. The minimum atomic E-state index is -0.731. The summed E-state index contributed by atoms with van der Waals surface area (Å²) >= 11 is 0. The fourth-order valence-corrected chi connectivity index (χ4v) is 0.806. The molecule has 1 atom stereocenters. The Kier molecular flexibility index (Phi) is 13.0. The number of rotatable bonds is 1. The molecule has 0 amide bonds. The van der Waals surface area contributed by atoms with Crippen molar-refractivity contribution in [2.45, 2.75) is 6.10 Å². The molecule has 0 aromatic heterocycles. The van der Waals surface area contributed by atoms with Crippen LogP contribution in [0.15, 0.2) is 24.0 Å². The maximum Gasteiger partial charge on any atom is 2.00 e. The molecule has 0 saturated carbocycles. The van der Waals surface area contributed by atoms with Gasteiger partial charge in [-0.15, -0.1) is 0 Å². The van der Waals surface area contributed by atoms with Gasteiger partial charge in [-0.1, -0.05) is 0 Å². The molecule has 0 aromatic rings. The number of allylic oxidation sites excluding steroid dienone is 2. The second kappa shape index (κ2) is 9.38. The van der Waals surface area contributed by atoms with E-state index in [4.69, 9.17) is 15.4 Å². The number of ether oxygens (including phenoxy) is 1. The summed E-state index contributed by atoms with van der Waals surface area (Å²) in [7, 11) is 1.45. The number of hydrogen-bond donors (Lipinski definition) is 1. The normalized spacial score (nSPS) is 17.7. The van der Waals surface area contributed by atoms with Gasteiger partial charge in [-0.25, -0.2) is 0 Å². The molecule has 1 rings (SSSR count). The molecular weight excluding hydrogens is 280 g/mol. The third kappa shape index (κ3) is 4.89. The van der Waals surface area contributed by atoms with E-state index in [9.17, 15) is 0 Å². The first-order valence-corrected chi connectivity index (χ1v) is 3.12. The van der Waals surface area contributed by atoms with Gasteiger partial charge in [0.1, 0.15) is 11.9 Å². The number of aliphatic hydroxyl groups is 1. The van der Waals surface area contributed by atoms with Crippen molar-refractivity contribution < 1.29 is 58.9 Å². The quantitative estimate of drug-likeness (QED) is 0.297. The summed E-state index contributed by atoms with van der Waals surface area (Å²) in [5.74, 6) is 0.375. The molecule has 14 heavy (non-hydrogen) atoms. The SMILES string of the molecule is COC1=CC(=[N+]=[N-])C=CC1O.[Cl-].[Cl-].[Zn+2]. The summed E-state index contributed by atoms with van der Waals surface area (Å²) in [6.45, 7) is 0. The monoisotopic (exact) mass is 286 g/mol. The first kappa shape index (κ1) is 19.4. The molecular formula is C7H8Cl2N2O2Zn. The van der Waals surface area contributed by atoms with Crippen molar-refractivity contribution in [3.05, 3.63) is 29.5 Å². The van der Waals surface area contributed by atoms with Crippen LogP contribution in [-0.2, 0) is 24.2 Å². The third-order valence-corrected chi connectivity index (χ3v) is 1.38. The van der Waals surface area contributed by atoms with Gasteiger partial charge in [0.2, 0.25) is 0 Å². The fraction of sp³-hybridized carbons (Fsp3) is 0.286. The van der Waals surface area contributed by atoms with Gasteiger partial charge in [-0.3, -0.25) is 0 Å². The van der Waals surface area contributed by atoms with E-state index in [-0.39, 0.29) is 44.3 Å². The Hall–Kier alpha value is -0.177. The van der Waals surface area contributed by atoms with Crippen LogP contribution in [0.3, 0.4) is 0 Å². The summed E-state index contributed by atoms with van der Waals surface area (Å²) < 4.78 is 4.80. The smallest absolute Gasteiger partial charge is 1.00 e. The molecule has 1 unspecified atom stereocenters. The van der Waals surface area contributed by atoms with E-state index in [1.165, 1.54) is 25.3 Å². The third-order valence-electron chi connectivity index (χ3n) is 1.38. The summed E-state index contributed by atoms with van der Waals surface area (Å²) in [5.41, 5.74) is 8.71. The zero-order valence-corrected chi connectivity index (χ0v) is 12.0. The largest absolute Gasteiger partial charge is 2.00 e. The minimum absolute atomic E-state index is 0. The van der Waals surface area contributed by atoms with E-state index >= 15 is 0 Å². The standard InChI is InChI=1S/C7H8N2O2.2ClH.Zn/c1-11-7-4-5(9-8)2-3-6(7)10;;;/h2-4,6,10H,1H3;2*1H;/q;;;+2/p-2. The van der Waals surface area contributed by atoms with Gasteiger partial charge in [0.15, 0.2) is 0 Å². The molecule has 0 heterocycles. The van der Waals surface area contributed by atoms with Crippen molar-refractivity contribution in [1.82, 2.24) is 0 Å². The minimum Gasteiger partial charge on any atom is -1.00 e. The molecule has 1 N–H and O–H groups in total. The maximum absolute atomic E-state index is 9.17. The van der Waals surface area contributed by atoms with Crippen molar-refractivity contribution in [1.29, 1.82) is 0 Å². The van der Waals surface area contributed by atoms with Crippen LogP contribution in [0.5, 0.6) is 0 Å². The molecule has 7 heteroatoms. The zero-order chi connectivity index (χ0) is 8.27. The van der Waals surface area contributed by atoms with Crippen LogP contribution in [0, 0.1) is 0 Å². The Morgan fingerprint density at radius 2 is 2.07 bits per heavy atom. The first-order chi connectivity index (χ1) is 5.27. The molecule has 0 aliphatic heterocycles. The predicted molar refractivity (Wildman–Crippen MR) is 38.9 cm³/mol. The molecule has 1 aliphatic rings. The Labute approximate surface area is 107 Å². The summed E-state index contributed by atoms with van der Waals surface area (Å²) in [6, 6.07) is 0. The summed E-state index contributed by atoms with van der Waals surface area (Å²) in [4.78, 5) is 2.94. The summed E-state index contributed by atoms with van der Waals surface area (Å²) in [5, 5.41) is 9.17. The van der Waals surface area contributed by atoms with Crippen LogP contribution in [0.25, 0.3) is 5.53 Å². The van der Waals surface area contributed by atoms with Gasteiger partial charge in [0.05, 0.1) is 13.2 Å². The van der Waals surface area contributed by atoms with E-state index in [0.717, 1.165) is 0 Å². The molecule has 1 aliphatic carbocycles. The second-order valence-corrected chi connectivity index (χ2v) is 2.08. The van der Waals surface area contributed by atoms with E-state index in [2.05, 4.69) is 4.79 Å². The number of methoxy groups -OCH3 is 1. The first-order valence-electron chi connectivity index (χ1n) is 3.12. The molecule has 4 nitrogen and oxygen atoms in total. The number of hydrogen-bond acceptors (Lipinski definition) is 2. The molecule has 0 radical (unpaired) electrons. The van der Waals surface area contributed by atoms with Crippen LogP contribution < -0.4 is 24.8 Å². The number of aliphatic hydroxyl groups excluding tert-OH is 1. The van der Waals surface area contributed by atoms with Crippen molar-refractivity contribution in [3.63, 3.8) is 0 Å². The van der Waals surface area contributed by atoms with Gasteiger partial charge in [0.25, 0.3) is 0 Å². The van der Waals surface area contributed by atoms with Gasteiger partial charge in [-0.05, 0) is 6.08 Å². The number of nitrogens with zero attached hydrogens (tertiary/aromatic N) is 2. The van der Waals surface area contributed by atoms with E-state index < -0.39 is 6.10 Å². The topological polar surface area (TPSA) is 65.9 Å². The molecule has 0 aromatic carbocycles. The van der Waals surface area contributed by atoms with E-state index in [1.54, 1.807) is 0 Å². The van der Waals surface area contributed by atoms with Gasteiger partial charge < -0.3 is 40.2 Å². The molecule has 0 spiro atoms. The number of halogens is 2. The summed E-state index contributed by atoms with van der Waals surface area (Å²) in [6.07, 6.45) is 3.72. The molecule has 0 bridgehead atoms. The Morgan fingerprint density at radius 3 is 2.50 bits per heavy atom. The van der Waals surface area contributed by atoms with Crippen molar-refractivity contribution >= 4 is 5.71 Å². The van der Waals surface area contributed by atoms with Crippen molar-refractivity contribution in [2.75, 3.05) is 7.11 Å². The Balaban J connectivity index is -0.000000403. The molecule has 74 valence electrons. The predicted octanol–water partition coefficient (Wildman–Crippen LogP) is -5.88. The van der Waals surface area contributed by atoms with E-state index in [1.807, 2.05) is 0 Å². The maximum atomic E-state index is 9.17. The Morgan fingerprint density at radius 1 is 1.50 bits per heavy atom. The molecule has 0 fully saturated rings. The fourth-order valence-electron chi connectivity index (χ4n) is 0.806. The van der Waals surface area contributed by atoms with Crippen LogP contribution in [0.2, 0.25) is 0 Å². The Bertz CT molecular complexity index is 275. The van der Waals surface area contributed by atoms with Crippen LogP contribution in [-0.4, -0.2) is 28.8 Å². The zero-order valence-electron chi connectivity index (χ0n) is 7.52. The van der Waals surface area contributed by atoms with Crippen LogP contribution >= 0.6 is 0 Å². The van der Waals surface area contributed by atoms with Gasteiger partial charge >= 0.3 is 25.2 Å². The van der Waals surface area contributed by atoms with Crippen LogP contribution in [0.4, 0.5) is 0 Å². The van der Waals surface area contributed by atoms with E-state index in [0.29, 0.717) is 11.5 Å². The van der Waals surface area contributed by atoms with Crippen molar-refractivity contribution in [2.24, 2.45) is 0 Å². The average molecular weight is 288 g/mol. The van der Waals surface area contributed by atoms with Crippen LogP contribution in [0.1, 0.15) is 0 Å². The van der Waals surface area contributed by atoms with Crippen molar-refractivity contribution in [3.8, 4) is 0 Å². The van der Waals surface area contributed by atoms with Gasteiger partial charge in [0, 0.05) is 6.08 Å². The van der Waals surface area contributed by atoms with Gasteiger partial charge in [-0.2, -0.15) is 4.79 Å². The average Bonchev–Trinajstić information content (AvgIpc) is 2.05.